The SMILES string of the molecule is CCOc1nc(C)c2cc[nH]c2n1. The van der Waals surface area contributed by atoms with Gasteiger partial charge in [0.25, 0.3) is 0 Å². The minimum absolute atomic E-state index is 0.440. The molecule has 1 N–H and O–H groups in total. The zero-order chi connectivity index (χ0) is 9.26. The standard InChI is InChI=1S/C9H11N3O/c1-3-13-9-11-6(2)7-4-5-10-8(7)12-9/h4-5H,3H2,1-2H3,(H,10,11,12). The number of fused-ring (bicyclic) bond motifs is 1. The molecule has 0 bridgehead atoms. The van der Waals surface area contributed by atoms with Gasteiger partial charge in [-0.3, -0.25) is 0 Å². The Morgan fingerprint density at radius 1 is 1.46 bits per heavy atom. The number of H-pyrrole nitrogens is 1. The van der Waals surface area contributed by atoms with Crippen molar-refractivity contribution in [1.29, 1.82) is 0 Å². The molecule has 0 aliphatic rings. The molecule has 0 radical (unpaired) electrons. The van der Waals surface area contributed by atoms with Gasteiger partial charge >= 0.3 is 6.01 Å². The fraction of sp³-hybridized carbons (Fsp3) is 0.333. The van der Waals surface area contributed by atoms with E-state index in [0.29, 0.717) is 12.6 Å². The summed E-state index contributed by atoms with van der Waals surface area (Å²) in [6.07, 6.45) is 1.85. The molecule has 13 heavy (non-hydrogen) atoms. The largest absolute Gasteiger partial charge is 0.464 e. The Hall–Kier alpha value is -1.58. The van der Waals surface area contributed by atoms with Crippen molar-refractivity contribution in [2.75, 3.05) is 6.61 Å². The molecule has 0 spiro atoms. The van der Waals surface area contributed by atoms with Crippen molar-refractivity contribution < 1.29 is 4.74 Å². The number of hydrogen-bond donors (Lipinski definition) is 1. The highest BCUT2D eigenvalue weighted by Gasteiger charge is 2.04. The molecule has 0 atom stereocenters. The fourth-order valence-electron chi connectivity index (χ4n) is 1.26. The van der Waals surface area contributed by atoms with Gasteiger partial charge in [-0.05, 0) is 19.9 Å². The number of nitrogens with zero attached hydrogens (tertiary/aromatic N) is 2. The van der Waals surface area contributed by atoms with Gasteiger partial charge in [0.05, 0.1) is 12.3 Å². The van der Waals surface area contributed by atoms with Crippen LogP contribution in [0.3, 0.4) is 0 Å². The number of rotatable bonds is 2. The van der Waals surface area contributed by atoms with Gasteiger partial charge in [-0.1, -0.05) is 0 Å². The molecule has 4 heteroatoms. The summed E-state index contributed by atoms with van der Waals surface area (Å²) in [5.74, 6) is 0. The molecule has 2 rings (SSSR count). The zero-order valence-corrected chi connectivity index (χ0v) is 7.66. The molecular formula is C9H11N3O. The maximum atomic E-state index is 5.22. The van der Waals surface area contributed by atoms with Gasteiger partial charge in [0.15, 0.2) is 0 Å². The molecule has 0 fully saturated rings. The molecular weight excluding hydrogens is 166 g/mol. The maximum absolute atomic E-state index is 5.22. The molecule has 0 saturated carbocycles. The van der Waals surface area contributed by atoms with Crippen molar-refractivity contribution in [2.24, 2.45) is 0 Å². The van der Waals surface area contributed by atoms with E-state index in [-0.39, 0.29) is 0 Å². The lowest BCUT2D eigenvalue weighted by Gasteiger charge is -2.01. The van der Waals surface area contributed by atoms with Crippen LogP contribution in [0, 0.1) is 6.92 Å². The number of hydrogen-bond acceptors (Lipinski definition) is 3. The zero-order valence-electron chi connectivity index (χ0n) is 7.66. The Labute approximate surface area is 76.0 Å². The predicted octanol–water partition coefficient (Wildman–Crippen LogP) is 1.67. The minimum Gasteiger partial charge on any atom is -0.464 e. The van der Waals surface area contributed by atoms with Crippen molar-refractivity contribution in [3.8, 4) is 6.01 Å². The van der Waals surface area contributed by atoms with E-state index in [4.69, 9.17) is 4.74 Å². The lowest BCUT2D eigenvalue weighted by atomic mass is 10.3. The van der Waals surface area contributed by atoms with Crippen LogP contribution in [0.15, 0.2) is 12.3 Å². The van der Waals surface area contributed by atoms with Crippen molar-refractivity contribution in [3.63, 3.8) is 0 Å². The second kappa shape index (κ2) is 3.05. The van der Waals surface area contributed by atoms with Gasteiger partial charge in [0, 0.05) is 11.6 Å². The third-order valence-corrected chi connectivity index (χ3v) is 1.86. The molecule has 0 aliphatic heterocycles. The average Bonchev–Trinajstić information content (AvgIpc) is 2.53. The van der Waals surface area contributed by atoms with Crippen molar-refractivity contribution in [3.05, 3.63) is 18.0 Å². The summed E-state index contributed by atoms with van der Waals surface area (Å²) >= 11 is 0. The average molecular weight is 177 g/mol. The van der Waals surface area contributed by atoms with Crippen LogP contribution in [0.2, 0.25) is 0 Å². The van der Waals surface area contributed by atoms with Gasteiger partial charge in [0.1, 0.15) is 5.65 Å². The van der Waals surface area contributed by atoms with E-state index in [0.717, 1.165) is 16.7 Å². The Kier molecular flexibility index (Phi) is 1.88. The van der Waals surface area contributed by atoms with E-state index in [2.05, 4.69) is 15.0 Å². The van der Waals surface area contributed by atoms with Crippen LogP contribution < -0.4 is 4.74 Å². The van der Waals surface area contributed by atoms with Gasteiger partial charge in [-0.25, -0.2) is 0 Å². The monoisotopic (exact) mass is 177 g/mol. The van der Waals surface area contributed by atoms with Gasteiger partial charge in [-0.2, -0.15) is 9.97 Å². The molecule has 2 aromatic heterocycles. The van der Waals surface area contributed by atoms with E-state index < -0.39 is 0 Å². The smallest absolute Gasteiger partial charge is 0.318 e. The van der Waals surface area contributed by atoms with E-state index in [1.54, 1.807) is 0 Å². The molecule has 2 aromatic rings. The summed E-state index contributed by atoms with van der Waals surface area (Å²) in [4.78, 5) is 11.4. The normalized spacial score (nSPS) is 10.6. The molecule has 68 valence electrons. The molecule has 0 unspecified atom stereocenters. The Morgan fingerprint density at radius 3 is 3.08 bits per heavy atom. The van der Waals surface area contributed by atoms with Crippen molar-refractivity contribution in [2.45, 2.75) is 13.8 Å². The molecule has 4 nitrogen and oxygen atoms in total. The lowest BCUT2D eigenvalue weighted by Crippen LogP contribution is -1.98. The second-order valence-corrected chi connectivity index (χ2v) is 2.76. The predicted molar refractivity (Wildman–Crippen MR) is 49.8 cm³/mol. The third kappa shape index (κ3) is 1.35. The van der Waals surface area contributed by atoms with E-state index in [1.807, 2.05) is 26.1 Å². The highest BCUT2D eigenvalue weighted by Crippen LogP contribution is 2.16. The van der Waals surface area contributed by atoms with Crippen molar-refractivity contribution in [1.82, 2.24) is 15.0 Å². The summed E-state index contributed by atoms with van der Waals surface area (Å²) in [7, 11) is 0. The summed E-state index contributed by atoms with van der Waals surface area (Å²) in [6.45, 7) is 4.45. The quantitative estimate of drug-likeness (QED) is 0.759. The first-order valence-corrected chi connectivity index (χ1v) is 4.26. The first-order chi connectivity index (χ1) is 6.31. The topological polar surface area (TPSA) is 50.8 Å². The van der Waals surface area contributed by atoms with Crippen LogP contribution in [0.1, 0.15) is 12.6 Å². The summed E-state index contributed by atoms with van der Waals surface area (Å²) < 4.78 is 5.22. The molecule has 0 amide bonds. The molecule has 0 saturated heterocycles. The number of aryl methyl sites for hydroxylation is 1. The van der Waals surface area contributed by atoms with Crippen LogP contribution >= 0.6 is 0 Å². The Balaban J connectivity index is 2.56. The number of aromatic nitrogens is 3. The highest BCUT2D eigenvalue weighted by molar-refractivity contribution is 5.77. The van der Waals surface area contributed by atoms with Crippen molar-refractivity contribution >= 4 is 11.0 Å². The Bertz CT molecular complexity index is 422. The first kappa shape index (κ1) is 8.04. The van der Waals surface area contributed by atoms with Crippen LogP contribution in [-0.2, 0) is 0 Å². The first-order valence-electron chi connectivity index (χ1n) is 4.26. The molecule has 0 aromatic carbocycles. The van der Waals surface area contributed by atoms with Crippen LogP contribution in [-0.4, -0.2) is 21.6 Å². The van der Waals surface area contributed by atoms with Gasteiger partial charge < -0.3 is 9.72 Å². The maximum Gasteiger partial charge on any atom is 0.318 e. The Morgan fingerprint density at radius 2 is 2.31 bits per heavy atom. The van der Waals surface area contributed by atoms with E-state index >= 15 is 0 Å². The van der Waals surface area contributed by atoms with Crippen LogP contribution in [0.5, 0.6) is 6.01 Å². The second-order valence-electron chi connectivity index (χ2n) is 2.76. The third-order valence-electron chi connectivity index (χ3n) is 1.86. The summed E-state index contributed by atoms with van der Waals surface area (Å²) in [5, 5.41) is 1.04. The molecule has 0 aliphatic carbocycles. The number of aromatic amines is 1. The van der Waals surface area contributed by atoms with Crippen LogP contribution in [0.25, 0.3) is 11.0 Å². The number of nitrogens with one attached hydrogen (secondary N) is 1. The minimum atomic E-state index is 0.440. The van der Waals surface area contributed by atoms with E-state index in [1.165, 1.54) is 0 Å². The highest BCUT2D eigenvalue weighted by atomic mass is 16.5. The summed E-state index contributed by atoms with van der Waals surface area (Å²) in [5.41, 5.74) is 1.77. The summed E-state index contributed by atoms with van der Waals surface area (Å²) in [6, 6.07) is 2.40. The molecule has 2 heterocycles. The van der Waals surface area contributed by atoms with E-state index in [9.17, 15) is 0 Å². The van der Waals surface area contributed by atoms with Crippen LogP contribution in [0.4, 0.5) is 0 Å². The van der Waals surface area contributed by atoms with Gasteiger partial charge in [0.2, 0.25) is 0 Å². The lowest BCUT2D eigenvalue weighted by molar-refractivity contribution is 0.313. The number of ether oxygens (including phenoxy) is 1. The van der Waals surface area contributed by atoms with Gasteiger partial charge in [-0.15, -0.1) is 0 Å². The fourth-order valence-corrected chi connectivity index (χ4v) is 1.26.